The number of aliphatic hydroxyl groups is 1. The Morgan fingerprint density at radius 3 is 2.11 bits per heavy atom. The summed E-state index contributed by atoms with van der Waals surface area (Å²) < 4.78 is 60.6. The average molecular weight is 306 g/mol. The molecule has 0 fully saturated rings. The first-order valence-electron chi connectivity index (χ1n) is 5.01. The second-order valence-electron chi connectivity index (χ2n) is 4.08. The molecule has 0 spiro atoms. The average Bonchev–Trinajstić information content (AvgIpc) is 2.25. The summed E-state index contributed by atoms with van der Waals surface area (Å²) in [7, 11) is -10.3. The van der Waals surface area contributed by atoms with Gasteiger partial charge in [0.1, 0.15) is 0 Å². The quantitative estimate of drug-likeness (QED) is 0.603. The first-order valence-corrected chi connectivity index (χ1v) is 7.89. The third-order valence-corrected chi connectivity index (χ3v) is 6.20. The number of hydrogen-bond acceptors (Lipinski definition) is 5. The van der Waals surface area contributed by atoms with Gasteiger partial charge in [-0.05, 0) is 29.4 Å². The van der Waals surface area contributed by atoms with Crippen molar-refractivity contribution in [2.75, 3.05) is 0 Å². The van der Waals surface area contributed by atoms with Crippen LogP contribution >= 0.6 is 0 Å². The minimum atomic E-state index is -5.13. The molecule has 0 saturated carbocycles. The Kier molecular flexibility index (Phi) is 3.07. The van der Waals surface area contributed by atoms with E-state index in [2.05, 4.69) is 0 Å². The predicted molar refractivity (Wildman–Crippen MR) is 66.3 cm³/mol. The molecule has 9 heteroatoms. The minimum absolute atomic E-state index is 0.156. The molecule has 0 saturated heterocycles. The molecule has 2 aliphatic rings. The fourth-order valence-corrected chi connectivity index (χ4v) is 3.94. The zero-order valence-electron chi connectivity index (χ0n) is 9.33. The lowest BCUT2D eigenvalue weighted by Gasteiger charge is -2.26. The van der Waals surface area contributed by atoms with Gasteiger partial charge in [-0.3, -0.25) is 9.11 Å². The van der Waals surface area contributed by atoms with E-state index in [4.69, 9.17) is 9.11 Å². The SMILES string of the molecule is O=S(=O)(O)C1(S(=O)(=O)O)C=CC2=CC(O)C=CC2=C1. The molecule has 0 aromatic carbocycles. The second kappa shape index (κ2) is 4.12. The van der Waals surface area contributed by atoms with E-state index in [1.807, 2.05) is 0 Å². The highest BCUT2D eigenvalue weighted by molar-refractivity contribution is 8.05. The van der Waals surface area contributed by atoms with Crippen LogP contribution in [0.2, 0.25) is 0 Å². The van der Waals surface area contributed by atoms with E-state index in [1.54, 1.807) is 0 Å². The van der Waals surface area contributed by atoms with Crippen molar-refractivity contribution in [1.29, 1.82) is 0 Å². The maximum Gasteiger partial charge on any atom is 0.295 e. The molecule has 7 nitrogen and oxygen atoms in total. The van der Waals surface area contributed by atoms with Gasteiger partial charge in [0.25, 0.3) is 24.3 Å². The molecule has 3 N–H and O–H groups in total. The smallest absolute Gasteiger partial charge is 0.295 e. The maximum atomic E-state index is 11.3. The lowest BCUT2D eigenvalue weighted by Crippen LogP contribution is -2.43. The van der Waals surface area contributed by atoms with Crippen molar-refractivity contribution in [3.63, 3.8) is 0 Å². The van der Waals surface area contributed by atoms with Gasteiger partial charge in [0.15, 0.2) is 0 Å². The highest BCUT2D eigenvalue weighted by Gasteiger charge is 2.52. The van der Waals surface area contributed by atoms with Gasteiger partial charge in [-0.15, -0.1) is 0 Å². The van der Waals surface area contributed by atoms with Crippen molar-refractivity contribution in [3.8, 4) is 0 Å². The summed E-state index contributed by atoms with van der Waals surface area (Å²) in [4.78, 5) is 0. The monoisotopic (exact) mass is 306 g/mol. The second-order valence-corrected chi connectivity index (χ2v) is 7.59. The zero-order chi connectivity index (χ0) is 14.5. The van der Waals surface area contributed by atoms with Crippen molar-refractivity contribution in [1.82, 2.24) is 0 Å². The summed E-state index contributed by atoms with van der Waals surface area (Å²) in [5.41, 5.74) is 0.543. The fraction of sp³-hybridized carbons (Fsp3) is 0.200. The van der Waals surface area contributed by atoms with Crippen LogP contribution in [-0.4, -0.2) is 41.2 Å². The topological polar surface area (TPSA) is 129 Å². The summed E-state index contributed by atoms with van der Waals surface area (Å²) in [5, 5.41) is 9.34. The van der Waals surface area contributed by atoms with Gasteiger partial charge >= 0.3 is 0 Å². The van der Waals surface area contributed by atoms with Crippen molar-refractivity contribution in [2.45, 2.75) is 10.2 Å². The largest absolute Gasteiger partial charge is 0.385 e. The van der Waals surface area contributed by atoms with Crippen LogP contribution < -0.4 is 0 Å². The third kappa shape index (κ3) is 2.19. The normalized spacial score (nSPS) is 25.5. The molecular formula is C10H10O7S2. The standard InChI is InChI=1S/C10H10O7S2/c11-9-2-1-8-6-10(18(12,13)14,19(15,16)17)4-3-7(8)5-9/h1-6,9,11H,(H,12,13,14)(H,15,16,17). The molecule has 0 radical (unpaired) electrons. The number of rotatable bonds is 2. The maximum absolute atomic E-state index is 11.3. The Morgan fingerprint density at radius 2 is 1.58 bits per heavy atom. The van der Waals surface area contributed by atoms with E-state index in [0.29, 0.717) is 17.7 Å². The molecule has 0 aromatic heterocycles. The molecule has 0 aliphatic heterocycles. The summed E-state index contributed by atoms with van der Waals surface area (Å²) in [6, 6.07) is 0. The summed E-state index contributed by atoms with van der Waals surface area (Å²) in [6.45, 7) is 0. The summed E-state index contributed by atoms with van der Waals surface area (Å²) in [5.74, 6) is 0. The van der Waals surface area contributed by atoms with Crippen LogP contribution in [0.3, 0.4) is 0 Å². The van der Waals surface area contributed by atoms with Gasteiger partial charge < -0.3 is 5.11 Å². The number of aliphatic hydroxyl groups excluding tert-OH is 1. The molecule has 19 heavy (non-hydrogen) atoms. The molecule has 2 aliphatic carbocycles. The summed E-state index contributed by atoms with van der Waals surface area (Å²) >= 11 is 0. The molecular weight excluding hydrogens is 296 g/mol. The number of hydrogen-bond donors (Lipinski definition) is 3. The van der Waals surface area contributed by atoms with E-state index >= 15 is 0 Å². The molecule has 0 bridgehead atoms. The van der Waals surface area contributed by atoms with Gasteiger partial charge in [0.05, 0.1) is 6.10 Å². The Morgan fingerprint density at radius 1 is 1.00 bits per heavy atom. The van der Waals surface area contributed by atoms with Gasteiger partial charge in [0, 0.05) is 0 Å². The Labute approximate surface area is 109 Å². The van der Waals surface area contributed by atoms with Gasteiger partial charge in [0.2, 0.25) is 0 Å². The molecule has 1 atom stereocenters. The lowest BCUT2D eigenvalue weighted by atomic mass is 9.93. The van der Waals surface area contributed by atoms with Crippen LogP contribution in [0, 0.1) is 0 Å². The molecule has 0 aromatic rings. The highest BCUT2D eigenvalue weighted by Crippen LogP contribution is 2.36. The number of fused-ring (bicyclic) bond motifs is 1. The van der Waals surface area contributed by atoms with Crippen LogP contribution in [-0.2, 0) is 20.2 Å². The van der Waals surface area contributed by atoms with E-state index in [0.717, 1.165) is 6.08 Å². The first-order chi connectivity index (χ1) is 8.57. The molecule has 104 valence electrons. The first kappa shape index (κ1) is 14.2. The molecule has 1 unspecified atom stereocenters. The van der Waals surface area contributed by atoms with Gasteiger partial charge in [-0.25, -0.2) is 0 Å². The third-order valence-electron chi connectivity index (χ3n) is 2.81. The van der Waals surface area contributed by atoms with Crippen molar-refractivity contribution < 1.29 is 31.0 Å². The Balaban J connectivity index is 2.72. The molecule has 0 heterocycles. The fourth-order valence-electron chi connectivity index (χ4n) is 1.84. The van der Waals surface area contributed by atoms with Crippen LogP contribution in [0.4, 0.5) is 0 Å². The van der Waals surface area contributed by atoms with E-state index in [-0.39, 0.29) is 5.57 Å². The Hall–Kier alpha value is -1.26. The van der Waals surface area contributed by atoms with E-state index in [9.17, 15) is 21.9 Å². The highest BCUT2D eigenvalue weighted by atomic mass is 32.3. The van der Waals surface area contributed by atoms with Crippen LogP contribution in [0.1, 0.15) is 0 Å². The molecule has 2 rings (SSSR count). The zero-order valence-corrected chi connectivity index (χ0v) is 11.0. The van der Waals surface area contributed by atoms with Crippen LogP contribution in [0.15, 0.2) is 47.6 Å². The summed E-state index contributed by atoms with van der Waals surface area (Å²) in [6.07, 6.45) is 5.55. The van der Waals surface area contributed by atoms with Gasteiger partial charge in [-0.2, -0.15) is 16.8 Å². The predicted octanol–water partition coefficient (Wildman–Crippen LogP) is -0.188. The van der Waals surface area contributed by atoms with Crippen LogP contribution in [0.25, 0.3) is 0 Å². The van der Waals surface area contributed by atoms with E-state index < -0.39 is 30.4 Å². The minimum Gasteiger partial charge on any atom is -0.385 e. The van der Waals surface area contributed by atoms with Crippen molar-refractivity contribution >= 4 is 20.2 Å². The van der Waals surface area contributed by atoms with Crippen LogP contribution in [0.5, 0.6) is 0 Å². The molecule has 0 amide bonds. The lowest BCUT2D eigenvalue weighted by molar-refractivity contribution is 0.270. The van der Waals surface area contributed by atoms with Crippen molar-refractivity contribution in [2.24, 2.45) is 0 Å². The Bertz CT molecular complexity index is 703. The van der Waals surface area contributed by atoms with Gasteiger partial charge in [-0.1, -0.05) is 18.2 Å². The van der Waals surface area contributed by atoms with E-state index in [1.165, 1.54) is 18.2 Å². The van der Waals surface area contributed by atoms with Crippen molar-refractivity contribution in [3.05, 3.63) is 47.6 Å². The number of allylic oxidation sites excluding steroid dienone is 4.